The molecule has 0 bridgehead atoms. The van der Waals surface area contributed by atoms with Gasteiger partial charge in [-0.25, -0.2) is 0 Å². The summed E-state index contributed by atoms with van der Waals surface area (Å²) >= 11 is 0. The van der Waals surface area contributed by atoms with E-state index in [0.717, 1.165) is 44.5 Å². The summed E-state index contributed by atoms with van der Waals surface area (Å²) in [7, 11) is 0. The van der Waals surface area contributed by atoms with Gasteiger partial charge in [-0.15, -0.1) is 54.1 Å². The van der Waals surface area contributed by atoms with Gasteiger partial charge >= 0.3 is 0 Å². The van der Waals surface area contributed by atoms with Crippen LogP contribution in [0.2, 0.25) is 0 Å². The molecular weight excluding hydrogens is 767 g/mol. The average Bonchev–Trinajstić information content (AvgIpc) is 3.76. The van der Waals surface area contributed by atoms with Gasteiger partial charge in [0.15, 0.2) is 0 Å². The Bertz CT molecular complexity index is 2760. The Kier molecular flexibility index (Phi) is 7.32. The second-order valence-electron chi connectivity index (χ2n) is 12.3. The zero-order chi connectivity index (χ0) is 31.6. The SMILES string of the molecule is Cc1ccc(-c2[c-]cccc2)nc1.Cc1cnc(-c2[c-]ccc3c2oc2cc4c(cc23)c2cccc3c5ccccc5n4c32)cc1C.[Ir]. The Morgan fingerprint density at radius 1 is 0.583 bits per heavy atom. The minimum absolute atomic E-state index is 0. The number of rotatable bonds is 2. The van der Waals surface area contributed by atoms with Crippen molar-refractivity contribution in [3.05, 3.63) is 150 Å². The molecule has 5 aromatic carbocycles. The Balaban J connectivity index is 0.000000203. The minimum Gasteiger partial charge on any atom is -0.501 e. The summed E-state index contributed by atoms with van der Waals surface area (Å²) in [4.78, 5) is 9.00. The fourth-order valence-electron chi connectivity index (χ4n) is 6.79. The van der Waals surface area contributed by atoms with Crippen molar-refractivity contribution in [3.8, 4) is 22.5 Å². The maximum atomic E-state index is 6.53. The molecule has 5 heterocycles. The number of fused-ring (bicyclic) bond motifs is 9. The van der Waals surface area contributed by atoms with Crippen LogP contribution in [0.4, 0.5) is 0 Å². The number of para-hydroxylation sites is 2. The molecule has 0 fully saturated rings. The van der Waals surface area contributed by atoms with Crippen molar-refractivity contribution >= 4 is 60.0 Å². The van der Waals surface area contributed by atoms with Crippen LogP contribution in [0.5, 0.6) is 0 Å². The normalized spacial score (nSPS) is 11.5. The maximum Gasteiger partial charge on any atom is 0.123 e. The molecule has 0 spiro atoms. The van der Waals surface area contributed by atoms with Crippen LogP contribution < -0.4 is 0 Å². The van der Waals surface area contributed by atoms with E-state index in [-0.39, 0.29) is 20.1 Å². The van der Waals surface area contributed by atoms with E-state index in [1.54, 1.807) is 0 Å². The van der Waals surface area contributed by atoms with Crippen LogP contribution in [0.25, 0.3) is 82.5 Å². The van der Waals surface area contributed by atoms with Crippen molar-refractivity contribution in [1.29, 1.82) is 0 Å². The number of furan rings is 1. The summed E-state index contributed by atoms with van der Waals surface area (Å²) in [6, 6.07) is 44.4. The van der Waals surface area contributed by atoms with Crippen LogP contribution in [0.15, 0.2) is 126 Å². The summed E-state index contributed by atoms with van der Waals surface area (Å²) in [5.41, 5.74) is 12.8. The van der Waals surface area contributed by atoms with E-state index in [9.17, 15) is 0 Å². The maximum absolute atomic E-state index is 6.53. The number of hydrogen-bond acceptors (Lipinski definition) is 3. The van der Waals surface area contributed by atoms with Gasteiger partial charge in [0.1, 0.15) is 5.58 Å². The van der Waals surface area contributed by atoms with Gasteiger partial charge in [-0.3, -0.25) is 0 Å². The summed E-state index contributed by atoms with van der Waals surface area (Å²) in [6.45, 7) is 6.23. The van der Waals surface area contributed by atoms with Crippen LogP contribution in [0.3, 0.4) is 0 Å². The third-order valence-electron chi connectivity index (χ3n) is 9.30. The van der Waals surface area contributed by atoms with E-state index < -0.39 is 0 Å². The van der Waals surface area contributed by atoms with Crippen molar-refractivity contribution in [2.24, 2.45) is 0 Å². The van der Waals surface area contributed by atoms with Crippen molar-refractivity contribution in [3.63, 3.8) is 0 Å². The molecule has 5 aromatic heterocycles. The van der Waals surface area contributed by atoms with Crippen molar-refractivity contribution < 1.29 is 24.5 Å². The van der Waals surface area contributed by atoms with Gasteiger partial charge in [0.2, 0.25) is 0 Å². The third-order valence-corrected chi connectivity index (χ3v) is 9.30. The molecule has 1 radical (unpaired) electrons. The molecule has 0 N–H and O–H groups in total. The average molecular weight is 796 g/mol. The molecule has 0 saturated carbocycles. The number of benzene rings is 5. The van der Waals surface area contributed by atoms with Gasteiger partial charge in [0.25, 0.3) is 0 Å². The molecule has 0 atom stereocenters. The first kappa shape index (κ1) is 30.0. The van der Waals surface area contributed by atoms with Gasteiger partial charge < -0.3 is 18.8 Å². The second kappa shape index (κ2) is 11.7. The van der Waals surface area contributed by atoms with E-state index in [4.69, 9.17) is 4.42 Å². The van der Waals surface area contributed by atoms with Gasteiger partial charge in [0, 0.05) is 65.5 Å². The van der Waals surface area contributed by atoms with E-state index >= 15 is 0 Å². The minimum atomic E-state index is 0. The third kappa shape index (κ3) is 4.70. The quantitative estimate of drug-likeness (QED) is 0.164. The van der Waals surface area contributed by atoms with E-state index in [1.807, 2.05) is 55.7 Å². The second-order valence-corrected chi connectivity index (χ2v) is 12.3. The first-order valence-electron chi connectivity index (χ1n) is 15.8. The summed E-state index contributed by atoms with van der Waals surface area (Å²) in [6.07, 6.45) is 3.80. The summed E-state index contributed by atoms with van der Waals surface area (Å²) in [5, 5.41) is 7.33. The van der Waals surface area contributed by atoms with Crippen LogP contribution in [-0.4, -0.2) is 14.4 Å². The molecule has 4 nitrogen and oxygen atoms in total. The number of pyridine rings is 2. The van der Waals surface area contributed by atoms with Crippen LogP contribution in [0.1, 0.15) is 16.7 Å². The Morgan fingerprint density at radius 2 is 1.38 bits per heavy atom. The molecule has 233 valence electrons. The molecule has 0 aliphatic heterocycles. The van der Waals surface area contributed by atoms with Crippen molar-refractivity contribution in [2.45, 2.75) is 20.8 Å². The van der Waals surface area contributed by atoms with Crippen LogP contribution >= 0.6 is 0 Å². The smallest absolute Gasteiger partial charge is 0.123 e. The van der Waals surface area contributed by atoms with Crippen LogP contribution in [0, 0.1) is 32.9 Å². The predicted molar refractivity (Wildman–Crippen MR) is 193 cm³/mol. The predicted octanol–water partition coefficient (Wildman–Crippen LogP) is 11.1. The summed E-state index contributed by atoms with van der Waals surface area (Å²) < 4.78 is 8.92. The standard InChI is InChI=1S/C31H19N2O.C12H10N.Ir/c1-17-13-26(32-16-18(17)2)23-11-6-10-22-25-14-24-21-9-5-8-20-19-7-3-4-12-27(19)33(30(20)21)28(24)15-29(25)34-31(22)23;1-10-7-8-12(13-9-10)11-5-3-2-4-6-11;/h3-10,12-16H,1-2H3;2-5,7-9H,1H3;/q2*-1;. The molecule has 0 amide bonds. The monoisotopic (exact) mass is 796 g/mol. The van der Waals surface area contributed by atoms with Crippen molar-refractivity contribution in [1.82, 2.24) is 14.4 Å². The van der Waals surface area contributed by atoms with E-state index in [2.05, 4.69) is 113 Å². The first-order valence-corrected chi connectivity index (χ1v) is 15.8. The Labute approximate surface area is 291 Å². The van der Waals surface area contributed by atoms with Crippen molar-refractivity contribution in [2.75, 3.05) is 0 Å². The first-order chi connectivity index (χ1) is 23.0. The van der Waals surface area contributed by atoms with Crippen LogP contribution in [-0.2, 0) is 20.1 Å². The zero-order valence-corrected chi connectivity index (χ0v) is 29.0. The summed E-state index contributed by atoms with van der Waals surface area (Å²) in [5.74, 6) is 0. The Morgan fingerprint density at radius 3 is 2.17 bits per heavy atom. The van der Waals surface area contributed by atoms with E-state index in [1.165, 1.54) is 54.8 Å². The topological polar surface area (TPSA) is 43.3 Å². The van der Waals surface area contributed by atoms with Gasteiger partial charge in [0.05, 0.1) is 22.1 Å². The molecule has 48 heavy (non-hydrogen) atoms. The van der Waals surface area contributed by atoms with Gasteiger partial charge in [-0.05, 0) is 55.4 Å². The molecule has 0 unspecified atom stereocenters. The number of nitrogens with zero attached hydrogens (tertiary/aromatic N) is 3. The van der Waals surface area contributed by atoms with E-state index in [0.29, 0.717) is 0 Å². The Hall–Kier alpha value is -5.35. The molecule has 10 rings (SSSR count). The van der Waals surface area contributed by atoms with Gasteiger partial charge in [-0.2, -0.15) is 0 Å². The molecular formula is C43H29IrN3O-2. The molecule has 5 heteroatoms. The zero-order valence-electron chi connectivity index (χ0n) is 26.6. The number of hydrogen-bond donors (Lipinski definition) is 0. The largest absolute Gasteiger partial charge is 0.501 e. The molecule has 0 aliphatic rings. The molecule has 0 aliphatic carbocycles. The number of aromatic nitrogens is 3. The van der Waals surface area contributed by atoms with Gasteiger partial charge in [-0.1, -0.05) is 71.1 Å². The number of aryl methyl sites for hydroxylation is 3. The molecule has 0 saturated heterocycles. The fraction of sp³-hybridized carbons (Fsp3) is 0.0698. The molecule has 10 aromatic rings. The fourth-order valence-corrected chi connectivity index (χ4v) is 6.79.